The summed E-state index contributed by atoms with van der Waals surface area (Å²) < 4.78 is 42.0. The minimum Gasteiger partial charge on any atom is -0.344 e. The van der Waals surface area contributed by atoms with Crippen LogP contribution in [0.25, 0.3) is 11.4 Å². The minimum absolute atomic E-state index is 0.0703. The lowest BCUT2D eigenvalue weighted by molar-refractivity contribution is -0.183. The molecule has 0 saturated heterocycles. The van der Waals surface area contributed by atoms with E-state index in [-0.39, 0.29) is 30.6 Å². The van der Waals surface area contributed by atoms with E-state index in [1.54, 1.807) is 32.9 Å². The fourth-order valence-electron chi connectivity index (χ4n) is 2.56. The van der Waals surface area contributed by atoms with Crippen molar-refractivity contribution in [3.8, 4) is 11.4 Å². The zero-order valence-electron chi connectivity index (χ0n) is 17.0. The van der Waals surface area contributed by atoms with E-state index in [1.165, 1.54) is 19.2 Å². The molecule has 0 radical (unpaired) electrons. The molecule has 1 heterocycles. The summed E-state index contributed by atoms with van der Waals surface area (Å²) in [5, 5.41) is 7.13. The van der Waals surface area contributed by atoms with Gasteiger partial charge in [0.25, 0.3) is 5.91 Å². The maximum Gasteiger partial charge on any atom is 0.471 e. The number of nitrogens with zero attached hydrogens (tertiary/aromatic N) is 3. The predicted molar refractivity (Wildman–Crippen MR) is 99.4 cm³/mol. The average Bonchev–Trinajstić information content (AvgIpc) is 3.20. The van der Waals surface area contributed by atoms with Gasteiger partial charge < -0.3 is 9.84 Å². The predicted octanol–water partition coefficient (Wildman–Crippen LogP) is 3.20. The Kier molecular flexibility index (Phi) is 7.54. The zero-order valence-corrected chi connectivity index (χ0v) is 17.0. The third kappa shape index (κ3) is 5.78. The SMILES string of the molecule is CCC(=O)NC(C(=O)N(Cc1ccc(-c2noc(C(F)(F)F)n2)cc1)OC)C(C)C. The van der Waals surface area contributed by atoms with Crippen molar-refractivity contribution >= 4 is 11.8 Å². The standard InChI is InChI=1S/C19H23F3N4O4/c1-5-14(27)23-15(11(2)3)17(28)26(29-4)10-12-6-8-13(9-7-12)16-24-18(30-25-16)19(20,21)22/h6-9,11,15H,5,10H2,1-4H3,(H,23,27). The molecule has 0 fully saturated rings. The van der Waals surface area contributed by atoms with Gasteiger partial charge in [-0.2, -0.15) is 18.2 Å². The van der Waals surface area contributed by atoms with Crippen LogP contribution in [0.4, 0.5) is 13.2 Å². The van der Waals surface area contributed by atoms with Crippen molar-refractivity contribution in [3.63, 3.8) is 0 Å². The number of halogens is 3. The zero-order chi connectivity index (χ0) is 22.5. The lowest BCUT2D eigenvalue weighted by Crippen LogP contribution is -2.50. The van der Waals surface area contributed by atoms with Gasteiger partial charge in [0.1, 0.15) is 6.04 Å². The molecule has 8 nitrogen and oxygen atoms in total. The van der Waals surface area contributed by atoms with E-state index in [4.69, 9.17) is 4.84 Å². The second-order valence-electron chi connectivity index (χ2n) is 6.82. The lowest BCUT2D eigenvalue weighted by Gasteiger charge is -2.28. The van der Waals surface area contributed by atoms with Crippen LogP contribution in [0.2, 0.25) is 0 Å². The molecule has 0 bridgehead atoms. The first-order chi connectivity index (χ1) is 14.1. The lowest BCUT2D eigenvalue weighted by atomic mass is 10.0. The van der Waals surface area contributed by atoms with Crippen molar-refractivity contribution < 1.29 is 32.1 Å². The molecule has 164 valence electrons. The summed E-state index contributed by atoms with van der Waals surface area (Å²) in [6, 6.07) is 5.48. The molecule has 1 atom stereocenters. The molecule has 0 aliphatic carbocycles. The van der Waals surface area contributed by atoms with E-state index in [0.29, 0.717) is 11.1 Å². The molecule has 2 rings (SSSR count). The Labute approximate surface area is 171 Å². The molecule has 2 aromatic rings. The molecule has 1 aromatic carbocycles. The van der Waals surface area contributed by atoms with Gasteiger partial charge in [0, 0.05) is 12.0 Å². The van der Waals surface area contributed by atoms with Crippen molar-refractivity contribution in [1.29, 1.82) is 0 Å². The number of hydrogen-bond acceptors (Lipinski definition) is 6. The Morgan fingerprint density at radius 2 is 1.87 bits per heavy atom. The van der Waals surface area contributed by atoms with E-state index in [9.17, 15) is 22.8 Å². The second-order valence-corrected chi connectivity index (χ2v) is 6.82. The highest BCUT2D eigenvalue weighted by Gasteiger charge is 2.38. The molecule has 1 N–H and O–H groups in total. The van der Waals surface area contributed by atoms with E-state index >= 15 is 0 Å². The van der Waals surface area contributed by atoms with Crippen molar-refractivity contribution in [2.24, 2.45) is 5.92 Å². The summed E-state index contributed by atoms with van der Waals surface area (Å²) >= 11 is 0. The van der Waals surface area contributed by atoms with E-state index in [2.05, 4.69) is 20.0 Å². The Hall–Kier alpha value is -2.95. The highest BCUT2D eigenvalue weighted by molar-refractivity contribution is 5.87. The number of rotatable bonds is 8. The Balaban J connectivity index is 2.12. The van der Waals surface area contributed by atoms with Gasteiger partial charge >= 0.3 is 12.1 Å². The minimum atomic E-state index is -4.72. The average molecular weight is 428 g/mol. The quantitative estimate of drug-likeness (QED) is 0.649. The maximum atomic E-state index is 12.8. The summed E-state index contributed by atoms with van der Waals surface area (Å²) in [4.78, 5) is 33.0. The van der Waals surface area contributed by atoms with Gasteiger partial charge in [0.05, 0.1) is 13.7 Å². The first-order valence-corrected chi connectivity index (χ1v) is 9.21. The van der Waals surface area contributed by atoms with Gasteiger partial charge in [-0.25, -0.2) is 5.06 Å². The number of carbonyl (C=O) groups excluding carboxylic acids is 2. The van der Waals surface area contributed by atoms with Crippen LogP contribution in [-0.4, -0.2) is 40.2 Å². The number of carbonyl (C=O) groups is 2. The molecular weight excluding hydrogens is 405 g/mol. The molecule has 1 aromatic heterocycles. The molecule has 30 heavy (non-hydrogen) atoms. The van der Waals surface area contributed by atoms with Crippen molar-refractivity contribution in [3.05, 3.63) is 35.7 Å². The monoisotopic (exact) mass is 428 g/mol. The number of hydroxylamine groups is 2. The van der Waals surface area contributed by atoms with Gasteiger partial charge in [-0.05, 0) is 11.5 Å². The highest BCUT2D eigenvalue weighted by atomic mass is 19.4. The fourth-order valence-corrected chi connectivity index (χ4v) is 2.56. The molecule has 0 aliphatic heterocycles. The van der Waals surface area contributed by atoms with Crippen LogP contribution in [0.15, 0.2) is 28.8 Å². The number of hydrogen-bond donors (Lipinski definition) is 1. The summed E-state index contributed by atoms with van der Waals surface area (Å²) in [6.45, 7) is 5.37. The summed E-state index contributed by atoms with van der Waals surface area (Å²) in [5.74, 6) is -2.44. The van der Waals surface area contributed by atoms with Crippen molar-refractivity contribution in [1.82, 2.24) is 20.5 Å². The smallest absolute Gasteiger partial charge is 0.344 e. The normalized spacial score (nSPS) is 12.7. The molecule has 0 aliphatic rings. The third-order valence-corrected chi connectivity index (χ3v) is 4.24. The van der Waals surface area contributed by atoms with Crippen LogP contribution >= 0.6 is 0 Å². The third-order valence-electron chi connectivity index (χ3n) is 4.24. The maximum absolute atomic E-state index is 12.8. The fraction of sp³-hybridized carbons (Fsp3) is 0.474. The van der Waals surface area contributed by atoms with Crippen LogP contribution in [0.3, 0.4) is 0 Å². The highest BCUT2D eigenvalue weighted by Crippen LogP contribution is 2.29. The molecule has 2 amide bonds. The number of alkyl halides is 3. The van der Waals surface area contributed by atoms with Crippen LogP contribution in [-0.2, 0) is 27.1 Å². The number of aromatic nitrogens is 2. The van der Waals surface area contributed by atoms with Crippen molar-refractivity contribution in [2.45, 2.75) is 46.0 Å². The van der Waals surface area contributed by atoms with E-state index < -0.39 is 24.0 Å². The van der Waals surface area contributed by atoms with Gasteiger partial charge in [-0.1, -0.05) is 50.2 Å². The van der Waals surface area contributed by atoms with Crippen LogP contribution in [0.5, 0.6) is 0 Å². The van der Waals surface area contributed by atoms with E-state index in [1.807, 2.05) is 0 Å². The number of amides is 2. The van der Waals surface area contributed by atoms with Crippen molar-refractivity contribution in [2.75, 3.05) is 7.11 Å². The number of benzene rings is 1. The van der Waals surface area contributed by atoms with Crippen LogP contribution in [0, 0.1) is 5.92 Å². The first kappa shape index (κ1) is 23.3. The molecule has 0 saturated carbocycles. The van der Waals surface area contributed by atoms with Crippen LogP contribution in [0.1, 0.15) is 38.6 Å². The second kappa shape index (κ2) is 9.70. The summed E-state index contributed by atoms with van der Waals surface area (Å²) in [7, 11) is 1.34. The topological polar surface area (TPSA) is 97.6 Å². The Morgan fingerprint density at radius 3 is 2.33 bits per heavy atom. The van der Waals surface area contributed by atoms with Gasteiger partial charge in [0.2, 0.25) is 11.7 Å². The van der Waals surface area contributed by atoms with Gasteiger partial charge in [-0.15, -0.1) is 0 Å². The Morgan fingerprint density at radius 1 is 1.23 bits per heavy atom. The molecule has 0 spiro atoms. The summed E-state index contributed by atoms with van der Waals surface area (Å²) in [5.41, 5.74) is 0.973. The molecular formula is C19H23F3N4O4. The van der Waals surface area contributed by atoms with Gasteiger partial charge in [0.15, 0.2) is 0 Å². The Bertz CT molecular complexity index is 865. The largest absolute Gasteiger partial charge is 0.471 e. The van der Waals surface area contributed by atoms with E-state index in [0.717, 1.165) is 5.06 Å². The molecule has 1 unspecified atom stereocenters. The van der Waals surface area contributed by atoms with Gasteiger partial charge in [-0.3, -0.25) is 14.4 Å². The summed E-state index contributed by atoms with van der Waals surface area (Å²) in [6.07, 6.45) is -4.47. The first-order valence-electron chi connectivity index (χ1n) is 9.21. The molecule has 11 heteroatoms. The number of nitrogens with one attached hydrogen (secondary N) is 1. The van der Waals surface area contributed by atoms with Crippen LogP contribution < -0.4 is 5.32 Å².